The third-order valence-corrected chi connectivity index (χ3v) is 4.14. The zero-order chi connectivity index (χ0) is 10.3. The van der Waals surface area contributed by atoms with E-state index in [9.17, 15) is 4.79 Å². The van der Waals surface area contributed by atoms with Gasteiger partial charge >= 0.3 is 0 Å². The van der Waals surface area contributed by atoms with Gasteiger partial charge in [-0.15, -0.1) is 12.4 Å². The van der Waals surface area contributed by atoms with Gasteiger partial charge in [-0.1, -0.05) is 0 Å². The Bertz CT molecular complexity index is 268. The molecule has 0 spiro atoms. The van der Waals surface area contributed by atoms with Crippen LogP contribution >= 0.6 is 12.4 Å². The van der Waals surface area contributed by atoms with Crippen molar-refractivity contribution in [3.05, 3.63) is 0 Å². The molecular weight excluding hydrogens is 224 g/mol. The van der Waals surface area contributed by atoms with Crippen LogP contribution in [0.15, 0.2) is 0 Å². The van der Waals surface area contributed by atoms with E-state index in [1.54, 1.807) is 0 Å². The number of amides is 1. The molecule has 2 atom stereocenters. The average Bonchev–Trinajstić information content (AvgIpc) is 2.83. The fourth-order valence-corrected chi connectivity index (χ4v) is 3.04. The molecule has 4 heteroatoms. The van der Waals surface area contributed by atoms with E-state index in [1.807, 2.05) is 0 Å². The van der Waals surface area contributed by atoms with Gasteiger partial charge < -0.3 is 10.2 Å². The van der Waals surface area contributed by atoms with Crippen molar-refractivity contribution >= 4 is 18.3 Å². The Labute approximate surface area is 103 Å². The number of nitrogens with one attached hydrogen (secondary N) is 1. The molecule has 1 aliphatic heterocycles. The van der Waals surface area contributed by atoms with E-state index in [0.717, 1.165) is 24.9 Å². The predicted molar refractivity (Wildman–Crippen MR) is 65.7 cm³/mol. The van der Waals surface area contributed by atoms with Crippen LogP contribution in [0.5, 0.6) is 0 Å². The van der Waals surface area contributed by atoms with Crippen LogP contribution < -0.4 is 5.32 Å². The summed E-state index contributed by atoms with van der Waals surface area (Å²) in [4.78, 5) is 14.0. The number of hydrogen-bond acceptors (Lipinski definition) is 2. The number of carbonyl (C=O) groups excluding carboxylic acids is 1. The van der Waals surface area contributed by atoms with Gasteiger partial charge in [0.15, 0.2) is 0 Å². The van der Waals surface area contributed by atoms with E-state index in [-0.39, 0.29) is 12.4 Å². The van der Waals surface area contributed by atoms with Gasteiger partial charge in [-0.25, -0.2) is 0 Å². The number of hydrogen-bond donors (Lipinski definition) is 1. The summed E-state index contributed by atoms with van der Waals surface area (Å²) in [5.41, 5.74) is 0. The minimum absolute atomic E-state index is 0. The Hall–Kier alpha value is -0.280. The van der Waals surface area contributed by atoms with E-state index in [0.29, 0.717) is 18.5 Å². The van der Waals surface area contributed by atoms with Crippen LogP contribution in [0.25, 0.3) is 0 Å². The fourth-order valence-electron chi connectivity index (χ4n) is 3.04. The third kappa shape index (κ3) is 2.51. The van der Waals surface area contributed by atoms with Crippen LogP contribution in [0.2, 0.25) is 0 Å². The lowest BCUT2D eigenvalue weighted by Crippen LogP contribution is -2.42. The zero-order valence-corrected chi connectivity index (χ0v) is 10.5. The number of carbonyl (C=O) groups is 1. The van der Waals surface area contributed by atoms with Crippen LogP contribution in [0, 0.1) is 11.8 Å². The van der Waals surface area contributed by atoms with Crippen molar-refractivity contribution in [1.29, 1.82) is 0 Å². The number of piperidine rings is 1. The Balaban J connectivity index is 0.000000963. The molecule has 16 heavy (non-hydrogen) atoms. The monoisotopic (exact) mass is 244 g/mol. The van der Waals surface area contributed by atoms with Crippen molar-refractivity contribution in [1.82, 2.24) is 10.2 Å². The molecule has 0 aromatic rings. The molecule has 2 unspecified atom stereocenters. The predicted octanol–water partition coefficient (Wildman–Crippen LogP) is 1.42. The smallest absolute Gasteiger partial charge is 0.236 e. The average molecular weight is 245 g/mol. The fraction of sp³-hybridized carbons (Fsp3) is 0.917. The van der Waals surface area contributed by atoms with Gasteiger partial charge in [0.05, 0.1) is 6.54 Å². The highest BCUT2D eigenvalue weighted by Gasteiger charge is 2.39. The van der Waals surface area contributed by atoms with Crippen LogP contribution in [-0.4, -0.2) is 36.5 Å². The zero-order valence-electron chi connectivity index (χ0n) is 9.65. The lowest BCUT2D eigenvalue weighted by molar-refractivity contribution is -0.131. The Morgan fingerprint density at radius 2 is 2.06 bits per heavy atom. The number of fused-ring (bicyclic) bond motifs is 2. The van der Waals surface area contributed by atoms with E-state index in [2.05, 4.69) is 10.2 Å². The van der Waals surface area contributed by atoms with Gasteiger partial charge in [0.25, 0.3) is 0 Å². The second-order valence-corrected chi connectivity index (χ2v) is 5.45. The quantitative estimate of drug-likeness (QED) is 0.811. The molecule has 1 saturated heterocycles. The van der Waals surface area contributed by atoms with E-state index < -0.39 is 0 Å². The highest BCUT2D eigenvalue weighted by Crippen LogP contribution is 2.37. The molecule has 3 fully saturated rings. The second-order valence-electron chi connectivity index (χ2n) is 5.45. The topological polar surface area (TPSA) is 32.3 Å². The molecule has 2 aliphatic carbocycles. The van der Waals surface area contributed by atoms with E-state index in [4.69, 9.17) is 0 Å². The highest BCUT2D eigenvalue weighted by atomic mass is 35.5. The molecule has 1 N–H and O–H groups in total. The van der Waals surface area contributed by atoms with Crippen molar-refractivity contribution < 1.29 is 4.79 Å². The molecule has 92 valence electrons. The van der Waals surface area contributed by atoms with Gasteiger partial charge in [-0.2, -0.15) is 0 Å². The molecule has 2 bridgehead atoms. The molecular formula is C12H21ClN2O. The van der Waals surface area contributed by atoms with Gasteiger partial charge in [0.1, 0.15) is 0 Å². The largest absolute Gasteiger partial charge is 0.338 e. The number of likely N-dealkylation sites (tertiary alicyclic amines) is 1. The number of rotatable bonds is 4. The lowest BCUT2D eigenvalue weighted by Gasteiger charge is -2.27. The van der Waals surface area contributed by atoms with Gasteiger partial charge in [-0.3, -0.25) is 4.79 Å². The van der Waals surface area contributed by atoms with E-state index >= 15 is 0 Å². The summed E-state index contributed by atoms with van der Waals surface area (Å²) in [6.07, 6.45) is 6.59. The SMILES string of the molecule is Cl.O=C(CNCC1CC1)N1CC2CCC1C2. The maximum Gasteiger partial charge on any atom is 0.236 e. The summed E-state index contributed by atoms with van der Waals surface area (Å²) in [5.74, 6) is 2.03. The Morgan fingerprint density at radius 1 is 1.25 bits per heavy atom. The van der Waals surface area contributed by atoms with Crippen LogP contribution in [0.4, 0.5) is 0 Å². The van der Waals surface area contributed by atoms with Crippen molar-refractivity contribution in [3.63, 3.8) is 0 Å². The minimum atomic E-state index is 0. The molecule has 2 saturated carbocycles. The summed E-state index contributed by atoms with van der Waals surface area (Å²) >= 11 is 0. The lowest BCUT2D eigenvalue weighted by atomic mass is 10.1. The van der Waals surface area contributed by atoms with Crippen LogP contribution in [0.1, 0.15) is 32.1 Å². The standard InChI is InChI=1S/C12H20N2O.ClH/c15-12(7-13-6-9-1-2-9)14-8-10-3-4-11(14)5-10;/h9-11,13H,1-8H2;1H. The summed E-state index contributed by atoms with van der Waals surface area (Å²) in [6.45, 7) is 2.65. The number of nitrogens with zero attached hydrogens (tertiary/aromatic N) is 1. The molecule has 1 heterocycles. The summed E-state index contributed by atoms with van der Waals surface area (Å²) in [5, 5.41) is 3.29. The second kappa shape index (κ2) is 4.92. The summed E-state index contributed by atoms with van der Waals surface area (Å²) < 4.78 is 0. The number of halogens is 1. The summed E-state index contributed by atoms with van der Waals surface area (Å²) in [7, 11) is 0. The normalized spacial score (nSPS) is 31.6. The third-order valence-electron chi connectivity index (χ3n) is 4.14. The van der Waals surface area contributed by atoms with Crippen molar-refractivity contribution in [2.24, 2.45) is 11.8 Å². The molecule has 3 aliphatic rings. The van der Waals surface area contributed by atoms with Crippen LogP contribution in [0.3, 0.4) is 0 Å². The molecule has 0 aromatic heterocycles. The summed E-state index contributed by atoms with van der Waals surface area (Å²) in [6, 6.07) is 0.588. The van der Waals surface area contributed by atoms with Crippen molar-refractivity contribution in [2.45, 2.75) is 38.1 Å². The van der Waals surface area contributed by atoms with Crippen molar-refractivity contribution in [2.75, 3.05) is 19.6 Å². The van der Waals surface area contributed by atoms with Crippen LogP contribution in [-0.2, 0) is 4.79 Å². The first-order valence-corrected chi connectivity index (χ1v) is 6.33. The van der Waals surface area contributed by atoms with Gasteiger partial charge in [-0.05, 0) is 50.5 Å². The van der Waals surface area contributed by atoms with Crippen molar-refractivity contribution in [3.8, 4) is 0 Å². The molecule has 3 nitrogen and oxygen atoms in total. The van der Waals surface area contributed by atoms with Gasteiger partial charge in [0.2, 0.25) is 5.91 Å². The molecule has 1 amide bonds. The maximum absolute atomic E-state index is 11.9. The van der Waals surface area contributed by atoms with Gasteiger partial charge in [0, 0.05) is 12.6 Å². The molecule has 0 radical (unpaired) electrons. The Kier molecular flexibility index (Phi) is 3.75. The first kappa shape index (κ1) is 12.2. The first-order chi connectivity index (χ1) is 7.33. The minimum Gasteiger partial charge on any atom is -0.338 e. The Morgan fingerprint density at radius 3 is 2.62 bits per heavy atom. The first-order valence-electron chi connectivity index (χ1n) is 6.33. The molecule has 0 aromatic carbocycles. The highest BCUT2D eigenvalue weighted by molar-refractivity contribution is 5.85. The molecule has 3 rings (SSSR count). The maximum atomic E-state index is 11.9. The van der Waals surface area contributed by atoms with E-state index in [1.165, 1.54) is 32.1 Å².